The van der Waals surface area contributed by atoms with E-state index in [0.717, 1.165) is 11.3 Å². The van der Waals surface area contributed by atoms with Crippen molar-refractivity contribution in [2.45, 2.75) is 13.5 Å². The van der Waals surface area contributed by atoms with Gasteiger partial charge in [-0.25, -0.2) is 9.97 Å². The number of nitrogens with two attached hydrogens (primary N) is 1. The lowest BCUT2D eigenvalue weighted by atomic mass is 10.2. The molecule has 2 aromatic heterocycles. The second-order valence-corrected chi connectivity index (χ2v) is 3.56. The largest absolute Gasteiger partial charge is 0.382 e. The van der Waals surface area contributed by atoms with Crippen LogP contribution in [0.15, 0.2) is 18.6 Å². The number of nitrogens with zero attached hydrogens (tertiary/aromatic N) is 4. The van der Waals surface area contributed by atoms with E-state index in [0.29, 0.717) is 18.2 Å². The maximum atomic E-state index is 5.45. The van der Waals surface area contributed by atoms with Gasteiger partial charge in [0, 0.05) is 24.8 Å². The molecule has 0 radical (unpaired) electrons. The lowest BCUT2D eigenvalue weighted by Gasteiger charge is -2.04. The van der Waals surface area contributed by atoms with Crippen molar-refractivity contribution in [1.82, 2.24) is 19.7 Å². The van der Waals surface area contributed by atoms with Crippen LogP contribution in [-0.4, -0.2) is 19.7 Å². The molecule has 0 spiro atoms. The summed E-state index contributed by atoms with van der Waals surface area (Å²) in [5.74, 6) is 1.13. The molecule has 84 valence electrons. The van der Waals surface area contributed by atoms with Crippen LogP contribution in [0, 0.1) is 6.92 Å². The van der Waals surface area contributed by atoms with Crippen LogP contribution in [0.2, 0.25) is 0 Å². The molecular weight excluding hydrogens is 204 g/mol. The molecule has 0 saturated carbocycles. The zero-order valence-corrected chi connectivity index (χ0v) is 9.31. The Labute approximate surface area is 93.5 Å². The molecule has 6 nitrogen and oxygen atoms in total. The summed E-state index contributed by atoms with van der Waals surface area (Å²) in [5.41, 5.74) is 7.72. The maximum Gasteiger partial charge on any atom is 0.144 e. The van der Waals surface area contributed by atoms with E-state index in [4.69, 9.17) is 5.73 Å². The van der Waals surface area contributed by atoms with Gasteiger partial charge in [-0.2, -0.15) is 5.10 Å². The summed E-state index contributed by atoms with van der Waals surface area (Å²) < 4.78 is 1.84. The number of nitrogen functional groups attached to an aromatic ring is 1. The van der Waals surface area contributed by atoms with Gasteiger partial charge in [0.1, 0.15) is 11.6 Å². The number of hydrogen-bond donors (Lipinski definition) is 2. The molecule has 2 rings (SSSR count). The molecule has 0 aliphatic carbocycles. The summed E-state index contributed by atoms with van der Waals surface area (Å²) in [5, 5.41) is 7.32. The van der Waals surface area contributed by atoms with Crippen LogP contribution in [-0.2, 0) is 13.6 Å². The Morgan fingerprint density at radius 2 is 2.12 bits per heavy atom. The Hall–Kier alpha value is -2.11. The van der Waals surface area contributed by atoms with Gasteiger partial charge >= 0.3 is 0 Å². The minimum Gasteiger partial charge on any atom is -0.382 e. The van der Waals surface area contributed by atoms with Crippen molar-refractivity contribution >= 4 is 11.6 Å². The van der Waals surface area contributed by atoms with E-state index in [9.17, 15) is 0 Å². The van der Waals surface area contributed by atoms with E-state index in [1.54, 1.807) is 6.20 Å². The quantitative estimate of drug-likeness (QED) is 0.793. The van der Waals surface area contributed by atoms with Crippen molar-refractivity contribution in [3.05, 3.63) is 29.8 Å². The lowest BCUT2D eigenvalue weighted by Crippen LogP contribution is -2.04. The average Bonchev–Trinajstić information content (AvgIpc) is 2.60. The van der Waals surface area contributed by atoms with Crippen molar-refractivity contribution in [2.24, 2.45) is 7.05 Å². The van der Waals surface area contributed by atoms with Crippen molar-refractivity contribution in [1.29, 1.82) is 0 Å². The highest BCUT2D eigenvalue weighted by atomic mass is 15.3. The molecule has 3 N–H and O–H groups in total. The van der Waals surface area contributed by atoms with Gasteiger partial charge in [-0.15, -0.1) is 0 Å². The second-order valence-electron chi connectivity index (χ2n) is 3.56. The molecule has 0 aliphatic heterocycles. The fraction of sp³-hybridized carbons (Fsp3) is 0.300. The Morgan fingerprint density at radius 3 is 2.69 bits per heavy atom. The van der Waals surface area contributed by atoms with Gasteiger partial charge in [-0.3, -0.25) is 4.68 Å². The second kappa shape index (κ2) is 4.18. The highest BCUT2D eigenvalue weighted by molar-refractivity contribution is 5.37. The van der Waals surface area contributed by atoms with E-state index in [2.05, 4.69) is 20.4 Å². The van der Waals surface area contributed by atoms with Gasteiger partial charge in [-0.05, 0) is 6.92 Å². The molecule has 2 aromatic rings. The van der Waals surface area contributed by atoms with Gasteiger partial charge in [0.05, 0.1) is 18.6 Å². The topological polar surface area (TPSA) is 81.7 Å². The van der Waals surface area contributed by atoms with E-state index in [-0.39, 0.29) is 0 Å². The molecular formula is C10H14N6. The summed E-state index contributed by atoms with van der Waals surface area (Å²) in [4.78, 5) is 8.05. The molecule has 0 aromatic carbocycles. The third-order valence-electron chi connectivity index (χ3n) is 2.47. The molecule has 0 aliphatic rings. The van der Waals surface area contributed by atoms with Gasteiger partial charge in [-0.1, -0.05) is 0 Å². The van der Waals surface area contributed by atoms with Crippen molar-refractivity contribution in [3.8, 4) is 0 Å². The van der Waals surface area contributed by atoms with Crippen LogP contribution in [0.3, 0.4) is 0 Å². The summed E-state index contributed by atoms with van der Waals surface area (Å²) >= 11 is 0. The highest BCUT2D eigenvalue weighted by Crippen LogP contribution is 2.08. The summed E-state index contributed by atoms with van der Waals surface area (Å²) in [6.07, 6.45) is 4.98. The standard InChI is InChI=1S/C10H14N6/c1-7-8(4-15-16(7)2)3-13-10-6-12-9(11)5-14-10/h4-6H,3H2,1-2H3,(H2,11,12)(H,13,14). The lowest BCUT2D eigenvalue weighted by molar-refractivity contribution is 0.738. The van der Waals surface area contributed by atoms with E-state index in [1.807, 2.05) is 24.9 Å². The zero-order valence-electron chi connectivity index (χ0n) is 9.31. The molecule has 6 heteroatoms. The van der Waals surface area contributed by atoms with Crippen LogP contribution in [0.25, 0.3) is 0 Å². The fourth-order valence-electron chi connectivity index (χ4n) is 1.33. The molecule has 2 heterocycles. The minimum atomic E-state index is 0.420. The number of aryl methyl sites for hydroxylation is 1. The molecule has 0 saturated heterocycles. The predicted octanol–water partition coefficient (Wildman–Crippen LogP) is 0.713. The van der Waals surface area contributed by atoms with Gasteiger partial charge in [0.25, 0.3) is 0 Å². The summed E-state index contributed by atoms with van der Waals surface area (Å²) in [6, 6.07) is 0. The number of aromatic nitrogens is 4. The Morgan fingerprint density at radius 1 is 1.31 bits per heavy atom. The van der Waals surface area contributed by atoms with Crippen molar-refractivity contribution in [3.63, 3.8) is 0 Å². The first-order chi connectivity index (χ1) is 7.66. The summed E-state index contributed by atoms with van der Waals surface area (Å²) in [6.45, 7) is 2.71. The molecule has 0 fully saturated rings. The first kappa shape index (κ1) is 10.4. The zero-order chi connectivity index (χ0) is 11.5. The smallest absolute Gasteiger partial charge is 0.144 e. The fourth-order valence-corrected chi connectivity index (χ4v) is 1.33. The van der Waals surface area contributed by atoms with Crippen molar-refractivity contribution < 1.29 is 0 Å². The molecule has 0 bridgehead atoms. The van der Waals surface area contributed by atoms with Gasteiger partial charge in [0.2, 0.25) is 0 Å². The Kier molecular flexibility index (Phi) is 2.72. The third-order valence-corrected chi connectivity index (χ3v) is 2.47. The molecule has 0 unspecified atom stereocenters. The average molecular weight is 218 g/mol. The number of hydrogen-bond acceptors (Lipinski definition) is 5. The molecule has 16 heavy (non-hydrogen) atoms. The van der Waals surface area contributed by atoms with E-state index in [1.165, 1.54) is 6.20 Å². The molecule has 0 atom stereocenters. The first-order valence-corrected chi connectivity index (χ1v) is 4.95. The van der Waals surface area contributed by atoms with Gasteiger partial charge < -0.3 is 11.1 Å². The first-order valence-electron chi connectivity index (χ1n) is 4.95. The SMILES string of the molecule is Cc1c(CNc2cnc(N)cn2)cnn1C. The van der Waals surface area contributed by atoms with Crippen molar-refractivity contribution in [2.75, 3.05) is 11.1 Å². The Balaban J connectivity index is 2.02. The van der Waals surface area contributed by atoms with Gasteiger partial charge in [0.15, 0.2) is 0 Å². The van der Waals surface area contributed by atoms with Crippen LogP contribution < -0.4 is 11.1 Å². The normalized spacial score (nSPS) is 10.4. The third kappa shape index (κ3) is 2.10. The highest BCUT2D eigenvalue weighted by Gasteiger charge is 2.03. The number of anilines is 2. The monoisotopic (exact) mass is 218 g/mol. The van der Waals surface area contributed by atoms with Crippen LogP contribution >= 0.6 is 0 Å². The maximum absolute atomic E-state index is 5.45. The minimum absolute atomic E-state index is 0.420. The number of nitrogens with one attached hydrogen (secondary N) is 1. The molecule has 0 amide bonds. The predicted molar refractivity (Wildman–Crippen MR) is 61.7 cm³/mol. The van der Waals surface area contributed by atoms with E-state index < -0.39 is 0 Å². The van der Waals surface area contributed by atoms with Crippen LogP contribution in [0.4, 0.5) is 11.6 Å². The summed E-state index contributed by atoms with van der Waals surface area (Å²) in [7, 11) is 1.92. The van der Waals surface area contributed by atoms with Crippen LogP contribution in [0.1, 0.15) is 11.3 Å². The van der Waals surface area contributed by atoms with Crippen LogP contribution in [0.5, 0.6) is 0 Å². The number of rotatable bonds is 3. The van der Waals surface area contributed by atoms with E-state index >= 15 is 0 Å². The Bertz CT molecular complexity index is 473.